The molecule has 0 aromatic heterocycles. The quantitative estimate of drug-likeness (QED) is 0.361. The summed E-state index contributed by atoms with van der Waals surface area (Å²) in [5, 5.41) is 6.94. The molecule has 8 nitrogen and oxygen atoms in total. The highest BCUT2D eigenvalue weighted by atomic mass is 35.5. The van der Waals surface area contributed by atoms with Crippen LogP contribution in [0.25, 0.3) is 0 Å². The number of amides is 2. The van der Waals surface area contributed by atoms with Crippen molar-refractivity contribution in [3.8, 4) is 0 Å². The fourth-order valence-corrected chi connectivity index (χ4v) is 4.80. The van der Waals surface area contributed by atoms with E-state index in [1.165, 1.54) is 25.1 Å². The summed E-state index contributed by atoms with van der Waals surface area (Å²) in [6.07, 6.45) is 0. The van der Waals surface area contributed by atoms with Crippen molar-refractivity contribution in [3.05, 3.63) is 89.4 Å². The summed E-state index contributed by atoms with van der Waals surface area (Å²) < 4.78 is 27.6. The van der Waals surface area contributed by atoms with Crippen LogP contribution < -0.4 is 15.0 Å². The van der Waals surface area contributed by atoms with E-state index in [1.54, 1.807) is 67.6 Å². The number of nitrogens with one attached hydrogen (secondary N) is 2. The summed E-state index contributed by atoms with van der Waals surface area (Å²) in [5.41, 5.74) is 4.43. The number of para-hydroxylation sites is 1. The van der Waals surface area contributed by atoms with Crippen LogP contribution in [0.4, 0.5) is 11.4 Å². The van der Waals surface area contributed by atoms with E-state index in [0.29, 0.717) is 17.0 Å². The molecule has 176 valence electrons. The summed E-state index contributed by atoms with van der Waals surface area (Å²) in [6, 6.07) is 21.1. The predicted molar refractivity (Wildman–Crippen MR) is 134 cm³/mol. The van der Waals surface area contributed by atoms with Crippen LogP contribution in [0.3, 0.4) is 0 Å². The summed E-state index contributed by atoms with van der Waals surface area (Å²) in [6.45, 7) is 2.58. The Morgan fingerprint density at radius 3 is 2.15 bits per heavy atom. The molecule has 0 unspecified atom stereocenters. The monoisotopic (exact) mass is 498 g/mol. The van der Waals surface area contributed by atoms with Crippen LogP contribution in [-0.2, 0) is 19.6 Å². The van der Waals surface area contributed by atoms with Gasteiger partial charge in [0, 0.05) is 12.6 Å². The van der Waals surface area contributed by atoms with Crippen molar-refractivity contribution in [1.29, 1.82) is 0 Å². The maximum Gasteiger partial charge on any atom is 0.264 e. The topological polar surface area (TPSA) is 108 Å². The first-order valence-electron chi connectivity index (χ1n) is 10.2. The van der Waals surface area contributed by atoms with Gasteiger partial charge in [-0.1, -0.05) is 54.1 Å². The minimum absolute atomic E-state index is 0.0293. The zero-order valence-electron chi connectivity index (χ0n) is 18.5. The zero-order valence-corrected chi connectivity index (χ0v) is 20.1. The molecular weight excluding hydrogens is 476 g/mol. The van der Waals surface area contributed by atoms with E-state index in [-0.39, 0.29) is 21.5 Å². The lowest BCUT2D eigenvalue weighted by Gasteiger charge is -2.24. The molecule has 0 aliphatic heterocycles. The maximum absolute atomic E-state index is 13.3. The summed E-state index contributed by atoms with van der Waals surface area (Å²) in [7, 11) is -4.07. The Labute approximate surface area is 203 Å². The third-order valence-electron chi connectivity index (χ3n) is 4.71. The molecule has 0 heterocycles. The number of hydrogen-bond acceptors (Lipinski definition) is 5. The van der Waals surface area contributed by atoms with Crippen molar-refractivity contribution in [2.24, 2.45) is 5.10 Å². The Bertz CT molecular complexity index is 1310. The molecule has 10 heteroatoms. The van der Waals surface area contributed by atoms with Gasteiger partial charge in [-0.05, 0) is 48.9 Å². The van der Waals surface area contributed by atoms with Gasteiger partial charge in [-0.25, -0.2) is 13.8 Å². The molecule has 0 bridgehead atoms. The third-order valence-corrected chi connectivity index (χ3v) is 6.80. The van der Waals surface area contributed by atoms with Crippen LogP contribution in [0.15, 0.2) is 88.9 Å². The average molecular weight is 499 g/mol. The highest BCUT2D eigenvalue weighted by Gasteiger charge is 2.28. The van der Waals surface area contributed by atoms with E-state index in [1.807, 2.05) is 0 Å². The van der Waals surface area contributed by atoms with Crippen LogP contribution in [0.5, 0.6) is 0 Å². The van der Waals surface area contributed by atoms with Crippen LogP contribution in [0, 0.1) is 0 Å². The lowest BCUT2D eigenvalue weighted by Crippen LogP contribution is -2.40. The van der Waals surface area contributed by atoms with E-state index in [0.717, 1.165) is 4.31 Å². The second kappa shape index (κ2) is 11.0. The highest BCUT2D eigenvalue weighted by Crippen LogP contribution is 2.30. The first-order chi connectivity index (χ1) is 16.2. The normalized spacial score (nSPS) is 11.6. The average Bonchev–Trinajstić information content (AvgIpc) is 2.82. The van der Waals surface area contributed by atoms with Gasteiger partial charge in [-0.3, -0.25) is 13.9 Å². The number of benzene rings is 3. The molecule has 0 saturated heterocycles. The molecule has 0 spiro atoms. The van der Waals surface area contributed by atoms with Gasteiger partial charge in [-0.15, -0.1) is 0 Å². The molecule has 0 atom stereocenters. The minimum atomic E-state index is -4.07. The number of nitrogens with zero attached hydrogens (tertiary/aromatic N) is 2. The lowest BCUT2D eigenvalue weighted by atomic mass is 10.1. The first-order valence-corrected chi connectivity index (χ1v) is 12.0. The second-order valence-electron chi connectivity index (χ2n) is 7.27. The summed E-state index contributed by atoms with van der Waals surface area (Å²) in [4.78, 5) is 23.9. The third kappa shape index (κ3) is 6.21. The molecule has 2 amide bonds. The van der Waals surface area contributed by atoms with Gasteiger partial charge in [-0.2, -0.15) is 5.10 Å². The molecule has 3 rings (SSSR count). The first kappa shape index (κ1) is 24.9. The number of halogens is 1. The van der Waals surface area contributed by atoms with E-state index in [4.69, 9.17) is 11.6 Å². The Morgan fingerprint density at radius 1 is 0.912 bits per heavy atom. The number of carbonyl (C=O) groups is 2. The van der Waals surface area contributed by atoms with Crippen LogP contribution in [0.2, 0.25) is 5.02 Å². The molecule has 3 aromatic carbocycles. The van der Waals surface area contributed by atoms with E-state index >= 15 is 0 Å². The maximum atomic E-state index is 13.3. The molecular formula is C24H23ClN4O4S. The number of hydrogen-bond donors (Lipinski definition) is 2. The molecule has 0 aliphatic carbocycles. The van der Waals surface area contributed by atoms with Crippen molar-refractivity contribution in [3.63, 3.8) is 0 Å². The van der Waals surface area contributed by atoms with E-state index in [9.17, 15) is 18.0 Å². The lowest BCUT2D eigenvalue weighted by molar-refractivity contribution is -0.119. The van der Waals surface area contributed by atoms with Crippen molar-refractivity contribution in [2.75, 3.05) is 16.2 Å². The Balaban J connectivity index is 1.81. The summed E-state index contributed by atoms with van der Waals surface area (Å²) >= 11 is 6.26. The number of hydrazone groups is 1. The van der Waals surface area contributed by atoms with Gasteiger partial charge >= 0.3 is 0 Å². The minimum Gasteiger partial charge on any atom is -0.326 e. The van der Waals surface area contributed by atoms with Gasteiger partial charge in [0.1, 0.15) is 6.54 Å². The molecule has 0 radical (unpaired) electrons. The molecule has 0 aliphatic rings. The van der Waals surface area contributed by atoms with Gasteiger partial charge < -0.3 is 5.32 Å². The van der Waals surface area contributed by atoms with Gasteiger partial charge in [0.05, 0.1) is 21.3 Å². The van der Waals surface area contributed by atoms with Crippen LogP contribution in [-0.4, -0.2) is 32.5 Å². The molecule has 0 saturated carbocycles. The van der Waals surface area contributed by atoms with Crippen molar-refractivity contribution >= 4 is 50.5 Å². The number of sulfonamides is 1. The Morgan fingerprint density at radius 2 is 1.53 bits per heavy atom. The SMILES string of the molecule is CC(=O)Nc1ccc(/C(C)=N\NC(=O)CN(c2ccccc2Cl)S(=O)(=O)c2ccccc2)cc1. The van der Waals surface area contributed by atoms with Gasteiger partial charge in [0.2, 0.25) is 5.91 Å². The van der Waals surface area contributed by atoms with Crippen molar-refractivity contribution < 1.29 is 18.0 Å². The number of anilines is 2. The fraction of sp³-hybridized carbons (Fsp3) is 0.125. The van der Waals surface area contributed by atoms with Crippen molar-refractivity contribution in [1.82, 2.24) is 5.43 Å². The fourth-order valence-electron chi connectivity index (χ4n) is 3.05. The number of carbonyl (C=O) groups excluding carboxylic acids is 2. The Kier molecular flexibility index (Phi) is 8.04. The van der Waals surface area contributed by atoms with E-state index < -0.39 is 22.5 Å². The zero-order chi connectivity index (χ0) is 24.7. The molecule has 0 fully saturated rings. The number of rotatable bonds is 8. The van der Waals surface area contributed by atoms with Gasteiger partial charge in [0.25, 0.3) is 15.9 Å². The second-order valence-corrected chi connectivity index (χ2v) is 9.54. The molecule has 3 aromatic rings. The smallest absolute Gasteiger partial charge is 0.264 e. The summed E-state index contributed by atoms with van der Waals surface area (Å²) in [5.74, 6) is -0.826. The predicted octanol–water partition coefficient (Wildman–Crippen LogP) is 4.03. The van der Waals surface area contributed by atoms with Gasteiger partial charge in [0.15, 0.2) is 0 Å². The van der Waals surface area contributed by atoms with E-state index in [2.05, 4.69) is 15.8 Å². The van der Waals surface area contributed by atoms with Crippen LogP contribution in [0.1, 0.15) is 19.4 Å². The van der Waals surface area contributed by atoms with Crippen molar-refractivity contribution in [2.45, 2.75) is 18.7 Å². The molecule has 34 heavy (non-hydrogen) atoms. The Hall–Kier alpha value is -3.69. The standard InChI is InChI=1S/C24H23ClN4O4S/c1-17(19-12-14-20(15-13-19)26-18(2)30)27-28-24(31)16-29(23-11-7-6-10-22(23)25)34(32,33)21-8-4-3-5-9-21/h3-15H,16H2,1-2H3,(H,26,30)(H,28,31)/b27-17-. The largest absolute Gasteiger partial charge is 0.326 e. The molecule has 2 N–H and O–H groups in total. The highest BCUT2D eigenvalue weighted by molar-refractivity contribution is 7.92. The van der Waals surface area contributed by atoms with Crippen LogP contribution >= 0.6 is 11.6 Å².